The van der Waals surface area contributed by atoms with Crippen LogP contribution in [0.3, 0.4) is 0 Å². The van der Waals surface area contributed by atoms with Gasteiger partial charge in [-0.15, -0.1) is 0 Å². The molecule has 1 fully saturated rings. The number of hydrogen-bond donors (Lipinski definition) is 1. The van der Waals surface area contributed by atoms with E-state index >= 15 is 0 Å². The molecule has 0 spiro atoms. The van der Waals surface area contributed by atoms with Gasteiger partial charge in [-0.05, 0) is 30.6 Å². The fourth-order valence-electron chi connectivity index (χ4n) is 1.95. The van der Waals surface area contributed by atoms with E-state index in [9.17, 15) is 0 Å². The molecule has 0 nitrogen and oxygen atoms in total. The summed E-state index contributed by atoms with van der Waals surface area (Å²) in [5.41, 5.74) is 0.501. The highest BCUT2D eigenvalue weighted by atomic mass is 32.1. The maximum absolute atomic E-state index is 4.55. The maximum Gasteiger partial charge on any atom is 0.00196 e. The summed E-state index contributed by atoms with van der Waals surface area (Å²) >= 11 is 4.55. The highest BCUT2D eigenvalue weighted by molar-refractivity contribution is 7.80. The SMILES string of the molecule is CC(C)(C)C1CCCC(S)C1. The molecule has 0 aliphatic heterocycles. The molecule has 1 saturated carbocycles. The molecule has 1 aliphatic rings. The third kappa shape index (κ3) is 2.70. The molecule has 0 amide bonds. The Morgan fingerprint density at radius 2 is 1.82 bits per heavy atom. The van der Waals surface area contributed by atoms with Gasteiger partial charge in [0, 0.05) is 5.25 Å². The van der Waals surface area contributed by atoms with Gasteiger partial charge in [0.05, 0.1) is 0 Å². The Morgan fingerprint density at radius 3 is 2.18 bits per heavy atom. The first-order valence-corrected chi connectivity index (χ1v) is 5.20. The summed E-state index contributed by atoms with van der Waals surface area (Å²) in [6.07, 6.45) is 5.46. The highest BCUT2D eigenvalue weighted by Gasteiger charge is 2.28. The Labute approximate surface area is 76.2 Å². The van der Waals surface area contributed by atoms with Crippen LogP contribution in [-0.2, 0) is 0 Å². The molecule has 1 rings (SSSR count). The highest BCUT2D eigenvalue weighted by Crippen LogP contribution is 2.39. The average Bonchev–Trinajstić information content (AvgIpc) is 1.86. The molecule has 1 heteroatoms. The van der Waals surface area contributed by atoms with Gasteiger partial charge in [-0.25, -0.2) is 0 Å². The first kappa shape index (κ1) is 9.44. The second-order valence-electron chi connectivity index (χ2n) is 4.88. The third-order valence-corrected chi connectivity index (χ3v) is 3.34. The van der Waals surface area contributed by atoms with E-state index in [1.807, 2.05) is 0 Å². The van der Waals surface area contributed by atoms with Crippen molar-refractivity contribution in [1.29, 1.82) is 0 Å². The zero-order valence-corrected chi connectivity index (χ0v) is 8.82. The molecule has 11 heavy (non-hydrogen) atoms. The lowest BCUT2D eigenvalue weighted by molar-refractivity contribution is 0.183. The van der Waals surface area contributed by atoms with Gasteiger partial charge in [-0.3, -0.25) is 0 Å². The van der Waals surface area contributed by atoms with Gasteiger partial charge in [-0.1, -0.05) is 27.2 Å². The Bertz CT molecular complexity index is 123. The van der Waals surface area contributed by atoms with Crippen molar-refractivity contribution in [2.45, 2.75) is 51.7 Å². The molecule has 0 N–H and O–H groups in total. The summed E-state index contributed by atoms with van der Waals surface area (Å²) in [6, 6.07) is 0. The van der Waals surface area contributed by atoms with E-state index in [-0.39, 0.29) is 0 Å². The number of rotatable bonds is 0. The number of thiol groups is 1. The van der Waals surface area contributed by atoms with Crippen molar-refractivity contribution in [3.05, 3.63) is 0 Å². The summed E-state index contributed by atoms with van der Waals surface area (Å²) in [5.74, 6) is 0.902. The van der Waals surface area contributed by atoms with E-state index in [2.05, 4.69) is 33.4 Å². The van der Waals surface area contributed by atoms with Crippen molar-refractivity contribution in [1.82, 2.24) is 0 Å². The molecular formula is C10H20S. The van der Waals surface area contributed by atoms with Crippen LogP contribution < -0.4 is 0 Å². The van der Waals surface area contributed by atoms with E-state index in [0.717, 1.165) is 5.92 Å². The van der Waals surface area contributed by atoms with Crippen LogP contribution >= 0.6 is 12.6 Å². The molecule has 2 unspecified atom stereocenters. The molecule has 0 radical (unpaired) electrons. The molecular weight excluding hydrogens is 152 g/mol. The summed E-state index contributed by atoms with van der Waals surface area (Å²) in [4.78, 5) is 0. The molecule has 0 bridgehead atoms. The monoisotopic (exact) mass is 172 g/mol. The van der Waals surface area contributed by atoms with Gasteiger partial charge < -0.3 is 0 Å². The molecule has 0 aromatic rings. The van der Waals surface area contributed by atoms with E-state index in [0.29, 0.717) is 10.7 Å². The topological polar surface area (TPSA) is 0 Å². The smallest absolute Gasteiger partial charge is 0.00196 e. The molecule has 0 heterocycles. The van der Waals surface area contributed by atoms with Crippen LogP contribution in [0.5, 0.6) is 0 Å². The van der Waals surface area contributed by atoms with E-state index in [1.54, 1.807) is 0 Å². The summed E-state index contributed by atoms with van der Waals surface area (Å²) < 4.78 is 0. The van der Waals surface area contributed by atoms with Gasteiger partial charge in [0.15, 0.2) is 0 Å². The summed E-state index contributed by atoms with van der Waals surface area (Å²) in [6.45, 7) is 7.05. The zero-order valence-electron chi connectivity index (χ0n) is 7.93. The molecule has 0 aromatic heterocycles. The van der Waals surface area contributed by atoms with Crippen LogP contribution in [0.25, 0.3) is 0 Å². The van der Waals surface area contributed by atoms with Crippen LogP contribution in [0.15, 0.2) is 0 Å². The lowest BCUT2D eigenvalue weighted by Gasteiger charge is -2.36. The van der Waals surface area contributed by atoms with Crippen LogP contribution in [0.4, 0.5) is 0 Å². The van der Waals surface area contributed by atoms with E-state index < -0.39 is 0 Å². The van der Waals surface area contributed by atoms with Gasteiger partial charge in [0.1, 0.15) is 0 Å². The van der Waals surface area contributed by atoms with Gasteiger partial charge >= 0.3 is 0 Å². The fraction of sp³-hybridized carbons (Fsp3) is 1.00. The van der Waals surface area contributed by atoms with Gasteiger partial charge in [0.2, 0.25) is 0 Å². The van der Waals surface area contributed by atoms with Crippen LogP contribution in [0.1, 0.15) is 46.5 Å². The van der Waals surface area contributed by atoms with E-state index in [1.165, 1.54) is 25.7 Å². The van der Waals surface area contributed by atoms with Gasteiger partial charge in [-0.2, -0.15) is 12.6 Å². The second-order valence-corrected chi connectivity index (χ2v) is 5.61. The van der Waals surface area contributed by atoms with Crippen molar-refractivity contribution >= 4 is 12.6 Å². The van der Waals surface area contributed by atoms with Crippen LogP contribution in [-0.4, -0.2) is 5.25 Å². The van der Waals surface area contributed by atoms with Crippen molar-refractivity contribution in [3.8, 4) is 0 Å². The fourth-order valence-corrected chi connectivity index (χ4v) is 2.39. The Hall–Kier alpha value is 0.350. The molecule has 2 atom stereocenters. The number of hydrogen-bond acceptors (Lipinski definition) is 1. The average molecular weight is 172 g/mol. The zero-order chi connectivity index (χ0) is 8.48. The molecule has 0 saturated heterocycles. The summed E-state index contributed by atoms with van der Waals surface area (Å²) in [5, 5.41) is 0.674. The predicted molar refractivity (Wildman–Crippen MR) is 54.2 cm³/mol. The predicted octanol–water partition coefficient (Wildman–Crippen LogP) is 3.52. The Balaban J connectivity index is 2.46. The van der Waals surface area contributed by atoms with Crippen molar-refractivity contribution < 1.29 is 0 Å². The Kier molecular flexibility index (Phi) is 2.90. The Morgan fingerprint density at radius 1 is 1.18 bits per heavy atom. The minimum atomic E-state index is 0.501. The maximum atomic E-state index is 4.55. The third-order valence-electron chi connectivity index (χ3n) is 2.87. The van der Waals surface area contributed by atoms with Crippen molar-refractivity contribution in [2.75, 3.05) is 0 Å². The quantitative estimate of drug-likeness (QED) is 0.531. The van der Waals surface area contributed by atoms with Crippen molar-refractivity contribution in [2.24, 2.45) is 11.3 Å². The lowest BCUT2D eigenvalue weighted by atomic mass is 9.72. The first-order chi connectivity index (χ1) is 5.00. The largest absolute Gasteiger partial charge is 0.176 e. The van der Waals surface area contributed by atoms with Crippen molar-refractivity contribution in [3.63, 3.8) is 0 Å². The van der Waals surface area contributed by atoms with Crippen LogP contribution in [0.2, 0.25) is 0 Å². The first-order valence-electron chi connectivity index (χ1n) is 4.68. The minimum Gasteiger partial charge on any atom is -0.176 e. The normalized spacial score (nSPS) is 33.8. The lowest BCUT2D eigenvalue weighted by Crippen LogP contribution is -2.27. The molecule has 1 aliphatic carbocycles. The molecule has 66 valence electrons. The second kappa shape index (κ2) is 3.38. The standard InChI is InChI=1S/C10H20S/c1-10(2,3)8-5-4-6-9(11)7-8/h8-9,11H,4-7H2,1-3H3. The summed E-state index contributed by atoms with van der Waals surface area (Å²) in [7, 11) is 0. The minimum absolute atomic E-state index is 0.501. The van der Waals surface area contributed by atoms with E-state index in [4.69, 9.17) is 0 Å². The van der Waals surface area contributed by atoms with Gasteiger partial charge in [0.25, 0.3) is 0 Å². The van der Waals surface area contributed by atoms with Crippen LogP contribution in [0, 0.1) is 11.3 Å². The molecule has 0 aromatic carbocycles.